The van der Waals surface area contributed by atoms with Crippen molar-refractivity contribution < 1.29 is 18.8 Å². The lowest BCUT2D eigenvalue weighted by Crippen LogP contribution is -2.41. The number of nitrogens with one attached hydrogen (secondary N) is 1. The van der Waals surface area contributed by atoms with E-state index in [2.05, 4.69) is 5.32 Å². The van der Waals surface area contributed by atoms with Crippen LogP contribution in [0.5, 0.6) is 0 Å². The van der Waals surface area contributed by atoms with Crippen molar-refractivity contribution in [2.24, 2.45) is 0 Å². The number of rotatable bonds is 5. The highest BCUT2D eigenvalue weighted by atomic mass is 16.7. The highest BCUT2D eigenvalue weighted by Gasteiger charge is 2.51. The third-order valence-corrected chi connectivity index (χ3v) is 5.45. The summed E-state index contributed by atoms with van der Waals surface area (Å²) in [7, 11) is 2.76. The molecule has 1 saturated heterocycles. The summed E-state index contributed by atoms with van der Waals surface area (Å²) in [6.07, 6.45) is 0.758. The van der Waals surface area contributed by atoms with E-state index in [1.54, 1.807) is 0 Å². The Balaban J connectivity index is 2.55. The molecule has 142 valence electrons. The Hall–Kier alpha value is -1.79. The van der Waals surface area contributed by atoms with Crippen molar-refractivity contribution >= 4 is 29.8 Å². The van der Waals surface area contributed by atoms with Crippen LogP contribution in [0.4, 0.5) is 5.69 Å². The molecule has 0 unspecified atom stereocenters. The fourth-order valence-electron chi connectivity index (χ4n) is 2.91. The van der Waals surface area contributed by atoms with E-state index in [9.17, 15) is 4.79 Å². The van der Waals surface area contributed by atoms with Gasteiger partial charge in [0.15, 0.2) is 0 Å². The second-order valence-corrected chi connectivity index (χ2v) is 7.64. The molecule has 0 saturated carbocycles. The van der Waals surface area contributed by atoms with Crippen LogP contribution in [-0.2, 0) is 18.8 Å². The van der Waals surface area contributed by atoms with E-state index in [1.807, 2.05) is 66.8 Å². The first kappa shape index (κ1) is 20.5. The molecule has 26 heavy (non-hydrogen) atoms. The molecular formula is C20H30BNO4. The topological polar surface area (TPSA) is 56.8 Å². The minimum Gasteiger partial charge on any atom is -0.465 e. The monoisotopic (exact) mass is 359 g/mol. The Labute approximate surface area is 157 Å². The Kier molecular flexibility index (Phi) is 5.88. The van der Waals surface area contributed by atoms with E-state index in [0.717, 1.165) is 28.7 Å². The third kappa shape index (κ3) is 3.67. The first-order chi connectivity index (χ1) is 12.1. The van der Waals surface area contributed by atoms with E-state index < -0.39 is 18.3 Å². The molecule has 0 radical (unpaired) electrons. The molecule has 0 bridgehead atoms. The van der Waals surface area contributed by atoms with E-state index >= 15 is 0 Å². The summed E-state index contributed by atoms with van der Waals surface area (Å²) < 4.78 is 17.3. The van der Waals surface area contributed by atoms with Gasteiger partial charge in [-0.25, -0.2) is 4.79 Å². The molecule has 0 spiro atoms. The van der Waals surface area contributed by atoms with Gasteiger partial charge in [0.25, 0.3) is 0 Å². The maximum atomic E-state index is 12.4. The number of allylic oxidation sites excluding steroid dienone is 1. The summed E-state index contributed by atoms with van der Waals surface area (Å²) in [5, 5.41) is 3.16. The molecule has 1 aliphatic rings. The fourth-order valence-corrected chi connectivity index (χ4v) is 2.91. The van der Waals surface area contributed by atoms with Crippen molar-refractivity contribution in [1.29, 1.82) is 0 Å². The quantitative estimate of drug-likeness (QED) is 0.496. The van der Waals surface area contributed by atoms with Crippen molar-refractivity contribution in [3.05, 3.63) is 29.3 Å². The molecule has 1 N–H and O–H groups in total. The number of benzene rings is 1. The van der Waals surface area contributed by atoms with Gasteiger partial charge in [-0.1, -0.05) is 24.6 Å². The minimum absolute atomic E-state index is 0.341. The van der Waals surface area contributed by atoms with Gasteiger partial charge in [-0.15, -0.1) is 0 Å². The van der Waals surface area contributed by atoms with E-state index in [1.165, 1.54) is 7.11 Å². The minimum atomic E-state index is -0.481. The zero-order valence-corrected chi connectivity index (χ0v) is 17.1. The van der Waals surface area contributed by atoms with Crippen LogP contribution in [0, 0.1) is 0 Å². The standard InChI is InChI=1S/C20H30BNO4/c1-9-13(2)17(18(23)24-8)15-12-14(10-11-16(15)22-7)21-25-19(3,4)20(5,6)26-21/h10-12,22H,9H2,1-8H3. The molecule has 5 nitrogen and oxygen atoms in total. The lowest BCUT2D eigenvalue weighted by Gasteiger charge is -2.32. The van der Waals surface area contributed by atoms with Crippen LogP contribution < -0.4 is 10.8 Å². The van der Waals surface area contributed by atoms with Crippen LogP contribution in [-0.4, -0.2) is 38.4 Å². The first-order valence-corrected chi connectivity index (χ1v) is 9.03. The molecule has 1 aromatic rings. The molecule has 0 atom stereocenters. The zero-order chi connectivity index (χ0) is 19.7. The smallest absolute Gasteiger partial charge is 0.465 e. The van der Waals surface area contributed by atoms with Gasteiger partial charge >= 0.3 is 13.1 Å². The van der Waals surface area contributed by atoms with Gasteiger partial charge in [0, 0.05) is 18.3 Å². The van der Waals surface area contributed by atoms with E-state index in [4.69, 9.17) is 14.0 Å². The predicted molar refractivity (Wildman–Crippen MR) is 107 cm³/mol. The number of hydrogen-bond acceptors (Lipinski definition) is 5. The zero-order valence-electron chi connectivity index (χ0n) is 17.1. The highest BCUT2D eigenvalue weighted by molar-refractivity contribution is 6.62. The second-order valence-electron chi connectivity index (χ2n) is 7.64. The third-order valence-electron chi connectivity index (χ3n) is 5.45. The summed E-state index contributed by atoms with van der Waals surface area (Å²) in [4.78, 5) is 12.4. The van der Waals surface area contributed by atoms with Crippen molar-refractivity contribution in [2.45, 2.75) is 59.2 Å². The SMILES string of the molecule is CCC(C)=C(C(=O)OC)c1cc(B2OC(C)(C)C(C)(C)O2)ccc1NC. The van der Waals surface area contributed by atoms with Gasteiger partial charge in [-0.2, -0.15) is 0 Å². The average Bonchev–Trinajstić information content (AvgIpc) is 2.82. The largest absolute Gasteiger partial charge is 0.494 e. The van der Waals surface area contributed by atoms with Crippen LogP contribution >= 0.6 is 0 Å². The number of anilines is 1. The Morgan fingerprint density at radius 3 is 2.23 bits per heavy atom. The van der Waals surface area contributed by atoms with Crippen LogP contribution in [0.25, 0.3) is 5.57 Å². The van der Waals surface area contributed by atoms with Crippen LogP contribution in [0.1, 0.15) is 53.5 Å². The molecule has 1 heterocycles. The fraction of sp³-hybridized carbons (Fsp3) is 0.550. The predicted octanol–water partition coefficient (Wildman–Crippen LogP) is 3.38. The summed E-state index contributed by atoms with van der Waals surface area (Å²) >= 11 is 0. The van der Waals surface area contributed by atoms with Crippen molar-refractivity contribution in [3.63, 3.8) is 0 Å². The molecule has 0 amide bonds. The van der Waals surface area contributed by atoms with Crippen LogP contribution in [0.3, 0.4) is 0 Å². The number of ether oxygens (including phenoxy) is 1. The van der Waals surface area contributed by atoms with E-state index in [0.29, 0.717) is 5.57 Å². The summed E-state index contributed by atoms with van der Waals surface area (Å²) in [6.45, 7) is 12.1. The van der Waals surface area contributed by atoms with Crippen LogP contribution in [0.2, 0.25) is 0 Å². The number of esters is 1. The molecule has 1 aromatic carbocycles. The Bertz CT molecular complexity index is 709. The molecule has 1 fully saturated rings. The van der Waals surface area contributed by atoms with Crippen LogP contribution in [0.15, 0.2) is 23.8 Å². The number of methoxy groups -OCH3 is 1. The lowest BCUT2D eigenvalue weighted by atomic mass is 9.77. The molecular weight excluding hydrogens is 329 g/mol. The normalized spacial score (nSPS) is 19.2. The summed E-state index contributed by atoms with van der Waals surface area (Å²) in [5.74, 6) is -0.341. The Morgan fingerprint density at radius 1 is 1.19 bits per heavy atom. The molecule has 0 aromatic heterocycles. The highest BCUT2D eigenvalue weighted by Crippen LogP contribution is 2.37. The lowest BCUT2D eigenvalue weighted by molar-refractivity contribution is -0.133. The van der Waals surface area contributed by atoms with Gasteiger partial charge in [0.2, 0.25) is 0 Å². The number of hydrogen-bond donors (Lipinski definition) is 1. The van der Waals surface area contributed by atoms with Gasteiger partial charge in [-0.3, -0.25) is 0 Å². The maximum absolute atomic E-state index is 12.4. The molecule has 0 aliphatic carbocycles. The molecule has 2 rings (SSSR count). The van der Waals surface area contributed by atoms with Crippen molar-refractivity contribution in [1.82, 2.24) is 0 Å². The maximum Gasteiger partial charge on any atom is 0.494 e. The number of carbonyl (C=O) groups is 1. The van der Waals surface area contributed by atoms with E-state index in [-0.39, 0.29) is 5.97 Å². The van der Waals surface area contributed by atoms with Gasteiger partial charge in [0.1, 0.15) is 0 Å². The number of carbonyl (C=O) groups excluding carboxylic acids is 1. The Morgan fingerprint density at radius 2 is 1.77 bits per heavy atom. The average molecular weight is 359 g/mol. The van der Waals surface area contributed by atoms with Crippen molar-refractivity contribution in [3.8, 4) is 0 Å². The first-order valence-electron chi connectivity index (χ1n) is 9.03. The van der Waals surface area contributed by atoms with Crippen molar-refractivity contribution in [2.75, 3.05) is 19.5 Å². The summed E-state index contributed by atoms with van der Waals surface area (Å²) in [5.41, 5.74) is 3.25. The molecule has 1 aliphatic heterocycles. The van der Waals surface area contributed by atoms with Gasteiger partial charge in [0.05, 0.1) is 23.9 Å². The van der Waals surface area contributed by atoms with Gasteiger partial charge in [-0.05, 0) is 52.6 Å². The summed E-state index contributed by atoms with van der Waals surface area (Å²) in [6, 6.07) is 5.87. The molecule has 6 heteroatoms. The second kappa shape index (κ2) is 7.45. The van der Waals surface area contributed by atoms with Gasteiger partial charge < -0.3 is 19.4 Å².